The number of aromatic nitrogens is 5. The van der Waals surface area contributed by atoms with Crippen LogP contribution in [0, 0.1) is 13.8 Å². The number of hydrogen-bond donors (Lipinski definition) is 2. The molecule has 0 unspecified atom stereocenters. The Morgan fingerprint density at radius 2 is 1.77 bits per heavy atom. The average molecular weight is 289 g/mol. The molecule has 0 radical (unpaired) electrons. The topological polar surface area (TPSA) is 70.2 Å². The van der Waals surface area contributed by atoms with Crippen LogP contribution in [0.15, 0.2) is 42.5 Å². The normalized spacial score (nSPS) is 11.2. The Hall–Kier alpha value is -2.95. The van der Waals surface area contributed by atoms with Crippen LogP contribution in [0.2, 0.25) is 0 Å². The number of hydrogen-bond acceptors (Lipinski definition) is 3. The van der Waals surface area contributed by atoms with Crippen LogP contribution in [0.25, 0.3) is 33.5 Å². The van der Waals surface area contributed by atoms with Gasteiger partial charge in [0.15, 0.2) is 5.82 Å². The van der Waals surface area contributed by atoms with Gasteiger partial charge >= 0.3 is 0 Å². The van der Waals surface area contributed by atoms with Gasteiger partial charge in [0.1, 0.15) is 5.82 Å². The number of fused-ring (bicyclic) bond motifs is 1. The average Bonchev–Trinajstić information content (AvgIpc) is 3.12. The summed E-state index contributed by atoms with van der Waals surface area (Å²) in [4.78, 5) is 4.39. The van der Waals surface area contributed by atoms with E-state index in [4.69, 9.17) is 0 Å². The molecule has 22 heavy (non-hydrogen) atoms. The standard InChI is InChI=1S/C17H15N5/c1-10-4-3-5-12(8-10)16-14-9-13(6-7-15(14)20-21-16)17-18-11(2)19-22-17/h3-9H,1-2H3,(H,20,21)(H,18,19,22). The summed E-state index contributed by atoms with van der Waals surface area (Å²) in [6.07, 6.45) is 0. The highest BCUT2D eigenvalue weighted by atomic mass is 15.2. The zero-order valence-electron chi connectivity index (χ0n) is 12.4. The molecule has 0 atom stereocenters. The lowest BCUT2D eigenvalue weighted by Gasteiger charge is -2.01. The lowest BCUT2D eigenvalue weighted by atomic mass is 10.0. The molecule has 0 saturated carbocycles. The van der Waals surface area contributed by atoms with E-state index in [0.717, 1.165) is 33.5 Å². The second kappa shape index (κ2) is 4.80. The van der Waals surface area contributed by atoms with Gasteiger partial charge in [0.25, 0.3) is 0 Å². The predicted molar refractivity (Wildman–Crippen MR) is 86.4 cm³/mol. The van der Waals surface area contributed by atoms with Crippen molar-refractivity contribution in [2.75, 3.05) is 0 Å². The number of benzene rings is 2. The maximum Gasteiger partial charge on any atom is 0.181 e. The van der Waals surface area contributed by atoms with Gasteiger partial charge in [0.2, 0.25) is 0 Å². The highest BCUT2D eigenvalue weighted by Crippen LogP contribution is 2.29. The molecule has 2 aromatic carbocycles. The zero-order valence-corrected chi connectivity index (χ0v) is 12.4. The van der Waals surface area contributed by atoms with E-state index in [2.05, 4.69) is 56.6 Å². The van der Waals surface area contributed by atoms with Crippen molar-refractivity contribution in [2.24, 2.45) is 0 Å². The van der Waals surface area contributed by atoms with Crippen LogP contribution >= 0.6 is 0 Å². The van der Waals surface area contributed by atoms with Crippen molar-refractivity contribution in [1.29, 1.82) is 0 Å². The van der Waals surface area contributed by atoms with E-state index < -0.39 is 0 Å². The molecule has 0 bridgehead atoms. The Kier molecular flexibility index (Phi) is 2.79. The summed E-state index contributed by atoms with van der Waals surface area (Å²) in [7, 11) is 0. The van der Waals surface area contributed by atoms with Gasteiger partial charge in [0, 0.05) is 16.5 Å². The Morgan fingerprint density at radius 3 is 2.55 bits per heavy atom. The molecule has 0 amide bonds. The number of rotatable bonds is 2. The van der Waals surface area contributed by atoms with E-state index >= 15 is 0 Å². The quantitative estimate of drug-likeness (QED) is 0.592. The maximum atomic E-state index is 4.47. The van der Waals surface area contributed by atoms with Crippen LogP contribution < -0.4 is 0 Å². The molecule has 2 heterocycles. The fourth-order valence-electron chi connectivity index (χ4n) is 2.64. The maximum absolute atomic E-state index is 4.47. The number of aryl methyl sites for hydroxylation is 2. The molecule has 2 N–H and O–H groups in total. The lowest BCUT2D eigenvalue weighted by Crippen LogP contribution is -1.83. The second-order valence-electron chi connectivity index (χ2n) is 5.45. The van der Waals surface area contributed by atoms with Crippen molar-refractivity contribution in [3.8, 4) is 22.6 Å². The lowest BCUT2D eigenvalue weighted by molar-refractivity contribution is 1.04. The fraction of sp³-hybridized carbons (Fsp3) is 0.118. The van der Waals surface area contributed by atoms with Gasteiger partial charge in [0.05, 0.1) is 11.2 Å². The molecule has 0 saturated heterocycles. The van der Waals surface area contributed by atoms with Gasteiger partial charge in [-0.05, 0) is 38.1 Å². The summed E-state index contributed by atoms with van der Waals surface area (Å²) in [5, 5.41) is 15.7. The van der Waals surface area contributed by atoms with Gasteiger partial charge in [-0.1, -0.05) is 23.8 Å². The van der Waals surface area contributed by atoms with E-state index in [1.807, 2.05) is 25.1 Å². The first-order valence-electron chi connectivity index (χ1n) is 7.15. The first-order valence-corrected chi connectivity index (χ1v) is 7.15. The highest BCUT2D eigenvalue weighted by molar-refractivity contribution is 5.95. The molecule has 4 aromatic rings. The summed E-state index contributed by atoms with van der Waals surface area (Å²) >= 11 is 0. The van der Waals surface area contributed by atoms with Gasteiger partial charge < -0.3 is 0 Å². The summed E-state index contributed by atoms with van der Waals surface area (Å²) in [6.45, 7) is 3.98. The SMILES string of the molecule is Cc1cccc(-c2n[nH]c3ccc(-c4n[nH]c(C)n4)cc23)c1. The number of nitrogens with one attached hydrogen (secondary N) is 2. The van der Waals surface area contributed by atoms with Crippen molar-refractivity contribution in [2.45, 2.75) is 13.8 Å². The van der Waals surface area contributed by atoms with Crippen molar-refractivity contribution >= 4 is 10.9 Å². The Bertz CT molecular complexity index is 964. The molecule has 0 aliphatic heterocycles. The second-order valence-corrected chi connectivity index (χ2v) is 5.45. The molecule has 2 aromatic heterocycles. The van der Waals surface area contributed by atoms with Crippen LogP contribution in [-0.4, -0.2) is 25.4 Å². The van der Waals surface area contributed by atoms with Crippen LogP contribution in [0.1, 0.15) is 11.4 Å². The Balaban J connectivity index is 1.90. The summed E-state index contributed by atoms with van der Waals surface area (Å²) in [6, 6.07) is 14.4. The van der Waals surface area contributed by atoms with Crippen molar-refractivity contribution in [1.82, 2.24) is 25.4 Å². The number of aromatic amines is 2. The third-order valence-electron chi connectivity index (χ3n) is 3.71. The molecule has 0 aliphatic rings. The monoisotopic (exact) mass is 289 g/mol. The molecule has 108 valence electrons. The highest BCUT2D eigenvalue weighted by Gasteiger charge is 2.11. The van der Waals surface area contributed by atoms with Crippen molar-refractivity contribution in [3.63, 3.8) is 0 Å². The minimum atomic E-state index is 0.704. The summed E-state index contributed by atoms with van der Waals surface area (Å²) < 4.78 is 0. The molecule has 0 spiro atoms. The van der Waals surface area contributed by atoms with Crippen molar-refractivity contribution in [3.05, 3.63) is 53.9 Å². The van der Waals surface area contributed by atoms with Crippen LogP contribution in [-0.2, 0) is 0 Å². The van der Waals surface area contributed by atoms with Crippen LogP contribution in [0.3, 0.4) is 0 Å². The number of H-pyrrole nitrogens is 2. The first-order chi connectivity index (χ1) is 10.7. The molecular formula is C17H15N5. The van der Waals surface area contributed by atoms with E-state index in [0.29, 0.717) is 5.82 Å². The third kappa shape index (κ3) is 2.07. The molecule has 0 fully saturated rings. The minimum Gasteiger partial charge on any atom is -0.277 e. The first kappa shape index (κ1) is 12.8. The third-order valence-corrected chi connectivity index (χ3v) is 3.71. The number of nitrogens with zero attached hydrogens (tertiary/aromatic N) is 3. The van der Waals surface area contributed by atoms with Crippen LogP contribution in [0.5, 0.6) is 0 Å². The molecule has 0 aliphatic carbocycles. The van der Waals surface area contributed by atoms with Gasteiger partial charge in [-0.25, -0.2) is 4.98 Å². The summed E-state index contributed by atoms with van der Waals surface area (Å²) in [5.41, 5.74) is 5.26. The van der Waals surface area contributed by atoms with E-state index in [1.165, 1.54) is 5.56 Å². The van der Waals surface area contributed by atoms with E-state index in [9.17, 15) is 0 Å². The van der Waals surface area contributed by atoms with E-state index in [1.54, 1.807) is 0 Å². The van der Waals surface area contributed by atoms with E-state index in [-0.39, 0.29) is 0 Å². The van der Waals surface area contributed by atoms with Crippen LogP contribution in [0.4, 0.5) is 0 Å². The van der Waals surface area contributed by atoms with Gasteiger partial charge in [-0.3, -0.25) is 10.2 Å². The fourth-order valence-corrected chi connectivity index (χ4v) is 2.64. The summed E-state index contributed by atoms with van der Waals surface area (Å²) in [5.74, 6) is 1.51. The predicted octanol–water partition coefficient (Wildman–Crippen LogP) is 3.63. The van der Waals surface area contributed by atoms with Gasteiger partial charge in [-0.2, -0.15) is 10.2 Å². The zero-order chi connectivity index (χ0) is 15.1. The Morgan fingerprint density at radius 1 is 0.864 bits per heavy atom. The molecule has 5 heteroatoms. The Labute approximate surface area is 127 Å². The molecule has 5 nitrogen and oxygen atoms in total. The van der Waals surface area contributed by atoms with Crippen molar-refractivity contribution < 1.29 is 0 Å². The molecular weight excluding hydrogens is 274 g/mol. The largest absolute Gasteiger partial charge is 0.277 e. The van der Waals surface area contributed by atoms with Gasteiger partial charge in [-0.15, -0.1) is 0 Å². The smallest absolute Gasteiger partial charge is 0.181 e. The molecule has 4 rings (SSSR count). The minimum absolute atomic E-state index is 0.704.